The Morgan fingerprint density at radius 1 is 1.09 bits per heavy atom. The molecular weight excluding hydrogens is 296 g/mol. The van der Waals surface area contributed by atoms with E-state index in [1.165, 1.54) is 0 Å². The highest BCUT2D eigenvalue weighted by Crippen LogP contribution is 2.42. The Morgan fingerprint density at radius 3 is 2.09 bits per heavy atom. The number of rotatable bonds is 7. The predicted octanol–water partition coefficient (Wildman–Crippen LogP) is 3.16. The molecule has 0 radical (unpaired) electrons. The second-order valence-electron chi connectivity index (χ2n) is 8.05. The van der Waals surface area contributed by atoms with Crippen LogP contribution >= 0.6 is 0 Å². The monoisotopic (exact) mass is 331 g/mol. The van der Waals surface area contributed by atoms with E-state index in [0.717, 1.165) is 39.0 Å². The molecule has 0 saturated carbocycles. The fourth-order valence-corrected chi connectivity index (χ4v) is 4.21. The first-order chi connectivity index (χ1) is 10.7. The van der Waals surface area contributed by atoms with Gasteiger partial charge in [-0.25, -0.2) is 8.78 Å². The molecule has 0 aromatic rings. The van der Waals surface area contributed by atoms with Crippen molar-refractivity contribution in [3.63, 3.8) is 0 Å². The van der Waals surface area contributed by atoms with Gasteiger partial charge in [-0.15, -0.1) is 0 Å². The van der Waals surface area contributed by atoms with Crippen molar-refractivity contribution in [1.29, 1.82) is 0 Å². The third kappa shape index (κ3) is 4.23. The van der Waals surface area contributed by atoms with Crippen LogP contribution in [0.2, 0.25) is 0 Å². The fourth-order valence-electron chi connectivity index (χ4n) is 4.21. The molecule has 0 aromatic heterocycles. The summed E-state index contributed by atoms with van der Waals surface area (Å²) in [5.41, 5.74) is 0.411. The minimum Gasteiger partial charge on any atom is -0.301 e. The van der Waals surface area contributed by atoms with Crippen molar-refractivity contribution < 1.29 is 8.78 Å². The van der Waals surface area contributed by atoms with Crippen molar-refractivity contribution in [1.82, 2.24) is 14.7 Å². The highest BCUT2D eigenvalue weighted by molar-refractivity contribution is 5.01. The maximum absolute atomic E-state index is 14.7. The molecule has 0 bridgehead atoms. The predicted molar refractivity (Wildman–Crippen MR) is 92.1 cm³/mol. The maximum atomic E-state index is 14.7. The van der Waals surface area contributed by atoms with Crippen LogP contribution in [0.25, 0.3) is 0 Å². The summed E-state index contributed by atoms with van der Waals surface area (Å²) in [5.74, 6) is -2.63. The van der Waals surface area contributed by atoms with Gasteiger partial charge in [-0.2, -0.15) is 0 Å². The highest BCUT2D eigenvalue weighted by Gasteiger charge is 2.49. The zero-order valence-corrected chi connectivity index (χ0v) is 15.6. The second-order valence-corrected chi connectivity index (χ2v) is 8.05. The van der Waals surface area contributed by atoms with E-state index in [9.17, 15) is 8.78 Å². The molecule has 0 aliphatic carbocycles. The van der Waals surface area contributed by atoms with Crippen LogP contribution in [0.15, 0.2) is 0 Å². The van der Waals surface area contributed by atoms with E-state index >= 15 is 0 Å². The molecule has 2 rings (SSSR count). The molecule has 136 valence electrons. The standard InChI is InChI=1S/C18H35F2N3/c1-6-16(18(19,20)14-21(5)7-2)22-10-8-17(9-11-22)12-23(13-17)15(3)4/h15-16H,6-14H2,1-5H3. The van der Waals surface area contributed by atoms with Crippen molar-refractivity contribution in [2.45, 2.75) is 65.0 Å². The van der Waals surface area contributed by atoms with E-state index in [0.29, 0.717) is 24.4 Å². The minimum absolute atomic E-state index is 0.134. The van der Waals surface area contributed by atoms with E-state index in [-0.39, 0.29) is 6.54 Å². The molecule has 1 spiro atoms. The molecule has 1 unspecified atom stereocenters. The molecular formula is C18H35F2N3. The lowest BCUT2D eigenvalue weighted by molar-refractivity contribution is -0.125. The molecule has 2 aliphatic rings. The van der Waals surface area contributed by atoms with E-state index in [2.05, 4.69) is 23.6 Å². The molecule has 5 heteroatoms. The summed E-state index contributed by atoms with van der Waals surface area (Å²) in [6.07, 6.45) is 2.68. The van der Waals surface area contributed by atoms with E-state index < -0.39 is 12.0 Å². The van der Waals surface area contributed by atoms with Crippen LogP contribution in [0.3, 0.4) is 0 Å². The quantitative estimate of drug-likeness (QED) is 0.709. The summed E-state index contributed by atoms with van der Waals surface area (Å²) in [5, 5.41) is 0. The minimum atomic E-state index is -2.63. The maximum Gasteiger partial charge on any atom is 0.275 e. The summed E-state index contributed by atoms with van der Waals surface area (Å²) >= 11 is 0. The van der Waals surface area contributed by atoms with Crippen molar-refractivity contribution in [3.05, 3.63) is 0 Å². The van der Waals surface area contributed by atoms with Gasteiger partial charge in [0.05, 0.1) is 12.6 Å². The summed E-state index contributed by atoms with van der Waals surface area (Å²) < 4.78 is 29.4. The summed E-state index contributed by atoms with van der Waals surface area (Å²) in [7, 11) is 1.78. The van der Waals surface area contributed by atoms with Crippen LogP contribution in [-0.4, -0.2) is 79.0 Å². The van der Waals surface area contributed by atoms with Gasteiger partial charge in [-0.05, 0) is 65.2 Å². The average Bonchev–Trinajstić information content (AvgIpc) is 2.45. The zero-order chi connectivity index (χ0) is 17.3. The average molecular weight is 331 g/mol. The Balaban J connectivity index is 1.90. The molecule has 2 heterocycles. The van der Waals surface area contributed by atoms with Crippen molar-refractivity contribution in [2.75, 3.05) is 46.3 Å². The SMILES string of the molecule is CCC(N1CCC2(CC1)CN(C(C)C)C2)C(F)(F)CN(C)CC. The lowest BCUT2D eigenvalue weighted by atomic mass is 9.71. The number of likely N-dealkylation sites (tertiary alicyclic amines) is 2. The summed E-state index contributed by atoms with van der Waals surface area (Å²) in [6.45, 7) is 12.8. The van der Waals surface area contributed by atoms with Gasteiger partial charge >= 0.3 is 0 Å². The lowest BCUT2D eigenvalue weighted by Crippen LogP contribution is -2.64. The fraction of sp³-hybridized carbons (Fsp3) is 1.00. The van der Waals surface area contributed by atoms with Gasteiger partial charge in [0.15, 0.2) is 0 Å². The molecule has 2 aliphatic heterocycles. The molecule has 0 amide bonds. The van der Waals surface area contributed by atoms with Crippen LogP contribution in [0.4, 0.5) is 8.78 Å². The van der Waals surface area contributed by atoms with E-state index in [4.69, 9.17) is 0 Å². The molecule has 2 fully saturated rings. The number of nitrogens with zero attached hydrogens (tertiary/aromatic N) is 3. The van der Waals surface area contributed by atoms with Crippen LogP contribution in [0, 0.1) is 5.41 Å². The molecule has 1 atom stereocenters. The van der Waals surface area contributed by atoms with Gasteiger partial charge in [0.2, 0.25) is 0 Å². The summed E-state index contributed by atoms with van der Waals surface area (Å²) in [6, 6.07) is -0.00825. The van der Waals surface area contributed by atoms with E-state index in [1.54, 1.807) is 11.9 Å². The van der Waals surface area contributed by atoms with Gasteiger partial charge in [0, 0.05) is 19.1 Å². The highest BCUT2D eigenvalue weighted by atomic mass is 19.3. The molecule has 2 saturated heterocycles. The Bertz CT molecular complexity index is 370. The third-order valence-electron chi connectivity index (χ3n) is 6.00. The van der Waals surface area contributed by atoms with Gasteiger partial charge in [-0.3, -0.25) is 9.80 Å². The first kappa shape index (κ1) is 19.1. The number of alkyl halides is 2. The first-order valence-corrected chi connectivity index (χ1v) is 9.27. The van der Waals surface area contributed by atoms with E-state index in [1.807, 2.05) is 13.8 Å². The number of hydrogen-bond acceptors (Lipinski definition) is 3. The normalized spacial score (nSPS) is 24.4. The first-order valence-electron chi connectivity index (χ1n) is 9.27. The Morgan fingerprint density at radius 2 is 1.65 bits per heavy atom. The second kappa shape index (κ2) is 7.32. The molecule has 3 nitrogen and oxygen atoms in total. The topological polar surface area (TPSA) is 9.72 Å². The van der Waals surface area contributed by atoms with Crippen LogP contribution < -0.4 is 0 Å². The van der Waals surface area contributed by atoms with Gasteiger partial charge in [0.1, 0.15) is 0 Å². The largest absolute Gasteiger partial charge is 0.301 e. The van der Waals surface area contributed by atoms with Crippen LogP contribution in [-0.2, 0) is 0 Å². The van der Waals surface area contributed by atoms with Crippen molar-refractivity contribution in [2.24, 2.45) is 5.41 Å². The molecule has 0 N–H and O–H groups in total. The van der Waals surface area contributed by atoms with Gasteiger partial charge in [0.25, 0.3) is 5.92 Å². The van der Waals surface area contributed by atoms with Crippen LogP contribution in [0.5, 0.6) is 0 Å². The number of piperidine rings is 1. The third-order valence-corrected chi connectivity index (χ3v) is 6.00. The van der Waals surface area contributed by atoms with Crippen LogP contribution in [0.1, 0.15) is 47.0 Å². The van der Waals surface area contributed by atoms with Gasteiger partial charge < -0.3 is 4.90 Å². The zero-order valence-electron chi connectivity index (χ0n) is 15.6. The smallest absolute Gasteiger partial charge is 0.275 e. The molecule has 23 heavy (non-hydrogen) atoms. The Hall–Kier alpha value is -0.260. The number of hydrogen-bond donors (Lipinski definition) is 0. The Labute approximate surface area is 141 Å². The van der Waals surface area contributed by atoms with Crippen molar-refractivity contribution >= 4 is 0 Å². The number of halogens is 2. The summed E-state index contributed by atoms with van der Waals surface area (Å²) in [4.78, 5) is 6.28. The Kier molecular flexibility index (Phi) is 6.07. The van der Waals surface area contributed by atoms with Crippen molar-refractivity contribution in [3.8, 4) is 0 Å². The molecule has 0 aromatic carbocycles. The lowest BCUT2D eigenvalue weighted by Gasteiger charge is -2.56. The van der Waals surface area contributed by atoms with Gasteiger partial charge in [-0.1, -0.05) is 13.8 Å².